The van der Waals surface area contributed by atoms with Gasteiger partial charge in [-0.25, -0.2) is 0 Å². The molecule has 2 heterocycles. The molecule has 2 aliphatic heterocycles. The summed E-state index contributed by atoms with van der Waals surface area (Å²) in [5.41, 5.74) is 4.55. The Kier molecular flexibility index (Phi) is 4.30. The molecule has 110 valence electrons. The van der Waals surface area contributed by atoms with Crippen molar-refractivity contribution in [2.45, 2.75) is 45.4 Å². The molecule has 1 saturated heterocycles. The maximum absolute atomic E-state index is 3.49. The van der Waals surface area contributed by atoms with E-state index in [9.17, 15) is 0 Å². The van der Waals surface area contributed by atoms with E-state index in [4.69, 9.17) is 0 Å². The van der Waals surface area contributed by atoms with Crippen LogP contribution < -0.4 is 10.2 Å². The molecule has 0 spiro atoms. The fourth-order valence-corrected chi connectivity index (χ4v) is 3.95. The van der Waals surface area contributed by atoms with Crippen LogP contribution in [-0.2, 0) is 0 Å². The summed E-state index contributed by atoms with van der Waals surface area (Å²) >= 11 is 0. The zero-order chi connectivity index (χ0) is 13.9. The SMILES string of the molecule is CCCN1CC(CC2CCNCC2)c2cc(C)ccc21. The molecule has 0 aromatic heterocycles. The highest BCUT2D eigenvalue weighted by Crippen LogP contribution is 2.41. The van der Waals surface area contributed by atoms with Crippen molar-refractivity contribution in [2.75, 3.05) is 31.1 Å². The molecule has 2 nitrogen and oxygen atoms in total. The van der Waals surface area contributed by atoms with Crippen molar-refractivity contribution in [3.8, 4) is 0 Å². The molecule has 0 amide bonds. The Bertz CT molecular complexity index is 449. The van der Waals surface area contributed by atoms with Gasteiger partial charge >= 0.3 is 0 Å². The van der Waals surface area contributed by atoms with Crippen LogP contribution in [0.2, 0.25) is 0 Å². The van der Waals surface area contributed by atoms with Gasteiger partial charge in [0.1, 0.15) is 0 Å². The highest BCUT2D eigenvalue weighted by molar-refractivity contribution is 5.61. The van der Waals surface area contributed by atoms with Crippen LogP contribution in [0.1, 0.15) is 49.7 Å². The lowest BCUT2D eigenvalue weighted by Crippen LogP contribution is -2.29. The van der Waals surface area contributed by atoms with Gasteiger partial charge in [-0.2, -0.15) is 0 Å². The Morgan fingerprint density at radius 2 is 2.05 bits per heavy atom. The standard InChI is InChI=1S/C18H28N2/c1-3-10-20-13-16(12-15-6-8-19-9-7-15)17-11-14(2)4-5-18(17)20/h4-5,11,15-16,19H,3,6-10,12-13H2,1-2H3. The van der Waals surface area contributed by atoms with Gasteiger partial charge in [0.25, 0.3) is 0 Å². The van der Waals surface area contributed by atoms with Crippen LogP contribution in [-0.4, -0.2) is 26.2 Å². The first-order valence-electron chi connectivity index (χ1n) is 8.34. The third-order valence-electron chi connectivity index (χ3n) is 4.97. The van der Waals surface area contributed by atoms with E-state index in [2.05, 4.69) is 42.3 Å². The second-order valence-electron chi connectivity index (χ2n) is 6.63. The largest absolute Gasteiger partial charge is 0.371 e. The molecule has 1 aromatic carbocycles. The van der Waals surface area contributed by atoms with Gasteiger partial charge < -0.3 is 10.2 Å². The number of nitrogens with zero attached hydrogens (tertiary/aromatic N) is 1. The van der Waals surface area contributed by atoms with Crippen LogP contribution in [0.4, 0.5) is 5.69 Å². The summed E-state index contributed by atoms with van der Waals surface area (Å²) in [6, 6.07) is 7.06. The maximum atomic E-state index is 3.49. The predicted molar refractivity (Wildman–Crippen MR) is 86.6 cm³/mol. The van der Waals surface area contributed by atoms with Crippen LogP contribution in [0.5, 0.6) is 0 Å². The van der Waals surface area contributed by atoms with E-state index >= 15 is 0 Å². The summed E-state index contributed by atoms with van der Waals surface area (Å²) in [6.07, 6.45) is 5.36. The lowest BCUT2D eigenvalue weighted by atomic mass is 9.85. The summed E-state index contributed by atoms with van der Waals surface area (Å²) < 4.78 is 0. The molecule has 1 aromatic rings. The number of benzene rings is 1. The smallest absolute Gasteiger partial charge is 0.0402 e. The topological polar surface area (TPSA) is 15.3 Å². The first-order chi connectivity index (χ1) is 9.78. The maximum Gasteiger partial charge on any atom is 0.0402 e. The molecule has 1 atom stereocenters. The van der Waals surface area contributed by atoms with Gasteiger partial charge in [-0.1, -0.05) is 24.6 Å². The van der Waals surface area contributed by atoms with E-state index in [1.54, 1.807) is 5.56 Å². The van der Waals surface area contributed by atoms with E-state index in [0.29, 0.717) is 0 Å². The van der Waals surface area contributed by atoms with Crippen LogP contribution in [0, 0.1) is 12.8 Å². The minimum absolute atomic E-state index is 0.763. The molecule has 1 unspecified atom stereocenters. The van der Waals surface area contributed by atoms with Crippen LogP contribution in [0.25, 0.3) is 0 Å². The van der Waals surface area contributed by atoms with Gasteiger partial charge in [0, 0.05) is 24.7 Å². The molecule has 0 radical (unpaired) electrons. The number of hydrogen-bond donors (Lipinski definition) is 1. The van der Waals surface area contributed by atoms with Crippen molar-refractivity contribution < 1.29 is 0 Å². The van der Waals surface area contributed by atoms with Gasteiger partial charge in [0.15, 0.2) is 0 Å². The second kappa shape index (κ2) is 6.17. The van der Waals surface area contributed by atoms with E-state index in [0.717, 1.165) is 11.8 Å². The second-order valence-corrected chi connectivity index (χ2v) is 6.63. The van der Waals surface area contributed by atoms with Crippen LogP contribution >= 0.6 is 0 Å². The normalized spacial score (nSPS) is 23.1. The fraction of sp³-hybridized carbons (Fsp3) is 0.667. The molecule has 1 N–H and O–H groups in total. The average molecular weight is 272 g/mol. The Labute approximate surface area is 123 Å². The zero-order valence-corrected chi connectivity index (χ0v) is 13.0. The Morgan fingerprint density at radius 3 is 2.80 bits per heavy atom. The first-order valence-corrected chi connectivity index (χ1v) is 8.34. The minimum atomic E-state index is 0.763. The number of piperidine rings is 1. The summed E-state index contributed by atoms with van der Waals surface area (Å²) in [7, 11) is 0. The Hall–Kier alpha value is -1.02. The number of aryl methyl sites for hydroxylation is 1. The minimum Gasteiger partial charge on any atom is -0.371 e. The number of hydrogen-bond acceptors (Lipinski definition) is 2. The lowest BCUT2D eigenvalue weighted by molar-refractivity contribution is 0.334. The van der Waals surface area contributed by atoms with Crippen LogP contribution in [0.15, 0.2) is 18.2 Å². The molecule has 2 heteroatoms. The summed E-state index contributed by atoms with van der Waals surface area (Å²) in [4.78, 5) is 2.61. The van der Waals surface area contributed by atoms with Gasteiger partial charge in [0.05, 0.1) is 0 Å². The Balaban J connectivity index is 1.77. The quantitative estimate of drug-likeness (QED) is 0.899. The molecule has 1 fully saturated rings. The van der Waals surface area contributed by atoms with Crippen molar-refractivity contribution in [3.05, 3.63) is 29.3 Å². The number of rotatable bonds is 4. The third-order valence-corrected chi connectivity index (χ3v) is 4.97. The van der Waals surface area contributed by atoms with Crippen molar-refractivity contribution in [1.82, 2.24) is 5.32 Å². The molecule has 0 aliphatic carbocycles. The van der Waals surface area contributed by atoms with Gasteiger partial charge in [-0.05, 0) is 63.2 Å². The summed E-state index contributed by atoms with van der Waals surface area (Å²) in [5, 5.41) is 3.49. The van der Waals surface area contributed by atoms with E-state index in [-0.39, 0.29) is 0 Å². The molecular weight excluding hydrogens is 244 g/mol. The van der Waals surface area contributed by atoms with Gasteiger partial charge in [-0.3, -0.25) is 0 Å². The number of fused-ring (bicyclic) bond motifs is 1. The lowest BCUT2D eigenvalue weighted by Gasteiger charge is -2.26. The monoisotopic (exact) mass is 272 g/mol. The van der Waals surface area contributed by atoms with E-state index in [1.165, 1.54) is 63.1 Å². The van der Waals surface area contributed by atoms with Crippen molar-refractivity contribution in [3.63, 3.8) is 0 Å². The zero-order valence-electron chi connectivity index (χ0n) is 13.0. The summed E-state index contributed by atoms with van der Waals surface area (Å²) in [5.74, 6) is 1.69. The molecule has 2 aliphatic rings. The average Bonchev–Trinajstić information content (AvgIpc) is 2.78. The van der Waals surface area contributed by atoms with Crippen molar-refractivity contribution >= 4 is 5.69 Å². The highest BCUT2D eigenvalue weighted by atomic mass is 15.2. The third kappa shape index (κ3) is 2.85. The summed E-state index contributed by atoms with van der Waals surface area (Å²) in [6.45, 7) is 9.40. The molecule has 0 bridgehead atoms. The van der Waals surface area contributed by atoms with Crippen LogP contribution in [0.3, 0.4) is 0 Å². The van der Waals surface area contributed by atoms with E-state index < -0.39 is 0 Å². The highest BCUT2D eigenvalue weighted by Gasteiger charge is 2.30. The molecule has 20 heavy (non-hydrogen) atoms. The van der Waals surface area contributed by atoms with Gasteiger partial charge in [-0.15, -0.1) is 0 Å². The van der Waals surface area contributed by atoms with Gasteiger partial charge in [0.2, 0.25) is 0 Å². The molecule has 3 rings (SSSR count). The Morgan fingerprint density at radius 1 is 1.25 bits per heavy atom. The number of anilines is 1. The first kappa shape index (κ1) is 13.9. The van der Waals surface area contributed by atoms with Crippen molar-refractivity contribution in [1.29, 1.82) is 0 Å². The molecule has 0 saturated carbocycles. The fourth-order valence-electron chi connectivity index (χ4n) is 3.95. The van der Waals surface area contributed by atoms with Crippen molar-refractivity contribution in [2.24, 2.45) is 5.92 Å². The van der Waals surface area contributed by atoms with E-state index in [1.807, 2.05) is 0 Å². The predicted octanol–water partition coefficient (Wildman–Crippen LogP) is 3.70. The number of nitrogens with one attached hydrogen (secondary N) is 1. The molecular formula is C18H28N2.